The number of hydrogen-bond donors (Lipinski definition) is 1. The highest BCUT2D eigenvalue weighted by Crippen LogP contribution is 2.30. The van der Waals surface area contributed by atoms with Gasteiger partial charge in [-0.1, -0.05) is 6.07 Å². The number of amides is 1. The van der Waals surface area contributed by atoms with Gasteiger partial charge in [0.2, 0.25) is 5.91 Å². The van der Waals surface area contributed by atoms with Crippen LogP contribution in [0.5, 0.6) is 23.0 Å². The number of nitrogens with one attached hydrogen (secondary N) is 1. The SMILES string of the molecule is CCOc1cc(/C=C/C(=O)NCc2ccc(OC)cc2OC)ccc1OC(F)F. The predicted octanol–water partition coefficient (Wildman–Crippen LogP) is 4.03. The molecule has 0 spiro atoms. The minimum atomic E-state index is -2.95. The molecule has 156 valence electrons. The summed E-state index contributed by atoms with van der Waals surface area (Å²) in [4.78, 5) is 12.1. The number of hydrogen-bond acceptors (Lipinski definition) is 5. The van der Waals surface area contributed by atoms with Crippen LogP contribution >= 0.6 is 0 Å². The molecule has 1 amide bonds. The summed E-state index contributed by atoms with van der Waals surface area (Å²) in [6.07, 6.45) is 2.89. The molecule has 1 N–H and O–H groups in total. The molecule has 8 heteroatoms. The fourth-order valence-electron chi connectivity index (χ4n) is 2.50. The maximum atomic E-state index is 12.5. The van der Waals surface area contributed by atoms with Gasteiger partial charge in [0.25, 0.3) is 0 Å². The molecule has 2 aromatic rings. The van der Waals surface area contributed by atoms with Crippen molar-refractivity contribution in [1.82, 2.24) is 5.32 Å². The van der Waals surface area contributed by atoms with Gasteiger partial charge in [-0.3, -0.25) is 4.79 Å². The zero-order valence-corrected chi connectivity index (χ0v) is 16.4. The van der Waals surface area contributed by atoms with E-state index in [4.69, 9.17) is 14.2 Å². The number of carbonyl (C=O) groups excluding carboxylic acids is 1. The van der Waals surface area contributed by atoms with Crippen molar-refractivity contribution in [3.63, 3.8) is 0 Å². The normalized spacial score (nSPS) is 10.8. The van der Waals surface area contributed by atoms with Crippen molar-refractivity contribution in [3.05, 3.63) is 53.6 Å². The lowest BCUT2D eigenvalue weighted by Crippen LogP contribution is -2.20. The molecule has 0 radical (unpaired) electrons. The Balaban J connectivity index is 2.02. The zero-order chi connectivity index (χ0) is 21.2. The molecule has 0 unspecified atom stereocenters. The highest BCUT2D eigenvalue weighted by atomic mass is 19.3. The number of methoxy groups -OCH3 is 2. The molecule has 0 heterocycles. The summed E-state index contributed by atoms with van der Waals surface area (Å²) in [7, 11) is 3.10. The summed E-state index contributed by atoms with van der Waals surface area (Å²) in [5, 5.41) is 2.76. The summed E-state index contributed by atoms with van der Waals surface area (Å²) in [5.74, 6) is 1.05. The third kappa shape index (κ3) is 6.67. The van der Waals surface area contributed by atoms with Crippen molar-refractivity contribution >= 4 is 12.0 Å². The standard InChI is InChI=1S/C21H23F2NO5/c1-4-28-19-11-14(5-9-17(19)29-21(22)23)6-10-20(25)24-13-15-7-8-16(26-2)12-18(15)27-3/h5-12,21H,4,13H2,1-3H3,(H,24,25)/b10-6+. The van der Waals surface area contributed by atoms with Gasteiger partial charge < -0.3 is 24.3 Å². The molecular formula is C21H23F2NO5. The molecule has 0 aliphatic carbocycles. The van der Waals surface area contributed by atoms with Crippen LogP contribution in [-0.4, -0.2) is 33.3 Å². The quantitative estimate of drug-likeness (QED) is 0.603. The Kier molecular flexibility index (Phi) is 8.27. The first kappa shape index (κ1) is 22.0. The first-order valence-corrected chi connectivity index (χ1v) is 8.85. The van der Waals surface area contributed by atoms with Gasteiger partial charge in [0.1, 0.15) is 11.5 Å². The predicted molar refractivity (Wildman–Crippen MR) is 105 cm³/mol. The van der Waals surface area contributed by atoms with E-state index in [0.717, 1.165) is 5.56 Å². The topological polar surface area (TPSA) is 66.0 Å². The number of rotatable bonds is 10. The van der Waals surface area contributed by atoms with E-state index in [1.807, 2.05) is 0 Å². The van der Waals surface area contributed by atoms with Crippen molar-refractivity contribution in [3.8, 4) is 23.0 Å². The Hall–Kier alpha value is -3.29. The van der Waals surface area contributed by atoms with Crippen molar-refractivity contribution in [1.29, 1.82) is 0 Å². The second-order valence-electron chi connectivity index (χ2n) is 5.75. The van der Waals surface area contributed by atoms with Crippen LogP contribution in [0.3, 0.4) is 0 Å². The van der Waals surface area contributed by atoms with E-state index in [9.17, 15) is 13.6 Å². The molecule has 2 rings (SSSR count). The molecule has 2 aromatic carbocycles. The maximum Gasteiger partial charge on any atom is 0.387 e. The van der Waals surface area contributed by atoms with Crippen LogP contribution in [0.2, 0.25) is 0 Å². The maximum absolute atomic E-state index is 12.5. The Bertz CT molecular complexity index is 855. The largest absolute Gasteiger partial charge is 0.497 e. The minimum Gasteiger partial charge on any atom is -0.497 e. The van der Waals surface area contributed by atoms with Crippen LogP contribution in [0.25, 0.3) is 6.08 Å². The average Bonchev–Trinajstić information content (AvgIpc) is 2.72. The molecule has 0 fully saturated rings. The Labute approximate surface area is 168 Å². The van der Waals surface area contributed by atoms with Crippen LogP contribution in [0, 0.1) is 0 Å². The van der Waals surface area contributed by atoms with Gasteiger partial charge in [-0.15, -0.1) is 0 Å². The average molecular weight is 407 g/mol. The van der Waals surface area contributed by atoms with Crippen LogP contribution in [-0.2, 0) is 11.3 Å². The molecular weight excluding hydrogens is 384 g/mol. The number of halogens is 2. The highest BCUT2D eigenvalue weighted by molar-refractivity contribution is 5.91. The zero-order valence-electron chi connectivity index (χ0n) is 16.4. The van der Waals surface area contributed by atoms with Crippen molar-refractivity contribution < 1.29 is 32.5 Å². The lowest BCUT2D eigenvalue weighted by molar-refractivity contribution is -0.116. The van der Waals surface area contributed by atoms with Crippen LogP contribution in [0.4, 0.5) is 8.78 Å². The smallest absolute Gasteiger partial charge is 0.387 e. The van der Waals surface area contributed by atoms with Gasteiger partial charge in [0, 0.05) is 24.3 Å². The molecule has 0 saturated carbocycles. The highest BCUT2D eigenvalue weighted by Gasteiger charge is 2.11. The van der Waals surface area contributed by atoms with Gasteiger partial charge >= 0.3 is 6.61 Å². The van der Waals surface area contributed by atoms with E-state index in [2.05, 4.69) is 10.1 Å². The number of carbonyl (C=O) groups is 1. The second kappa shape index (κ2) is 10.9. The minimum absolute atomic E-state index is 0.0601. The van der Waals surface area contributed by atoms with E-state index in [0.29, 0.717) is 17.1 Å². The molecule has 0 saturated heterocycles. The van der Waals surface area contributed by atoms with Gasteiger partial charge in [0.05, 0.1) is 20.8 Å². The summed E-state index contributed by atoms with van der Waals surface area (Å²) in [6, 6.07) is 9.76. The molecule has 0 aromatic heterocycles. The fourth-order valence-corrected chi connectivity index (χ4v) is 2.50. The fraction of sp³-hybridized carbons (Fsp3) is 0.286. The molecule has 6 nitrogen and oxygen atoms in total. The molecule has 0 aliphatic rings. The summed E-state index contributed by atoms with van der Waals surface area (Å²) >= 11 is 0. The van der Waals surface area contributed by atoms with Crippen molar-refractivity contribution in [2.24, 2.45) is 0 Å². The first-order valence-electron chi connectivity index (χ1n) is 8.85. The molecule has 0 bridgehead atoms. The molecule has 0 aliphatic heterocycles. The van der Waals surface area contributed by atoms with Crippen molar-refractivity contribution in [2.45, 2.75) is 20.1 Å². The van der Waals surface area contributed by atoms with Gasteiger partial charge in [0.15, 0.2) is 11.5 Å². The molecule has 0 atom stereocenters. The van der Waals surface area contributed by atoms with E-state index in [-0.39, 0.29) is 30.6 Å². The Morgan fingerprint density at radius 3 is 2.52 bits per heavy atom. The lowest BCUT2D eigenvalue weighted by atomic mass is 10.1. The monoisotopic (exact) mass is 407 g/mol. The van der Waals surface area contributed by atoms with Gasteiger partial charge in [-0.25, -0.2) is 0 Å². The van der Waals surface area contributed by atoms with Crippen molar-refractivity contribution in [2.75, 3.05) is 20.8 Å². The summed E-state index contributed by atoms with van der Waals surface area (Å²) in [5.41, 5.74) is 1.40. The Morgan fingerprint density at radius 2 is 1.86 bits per heavy atom. The van der Waals surface area contributed by atoms with Crippen LogP contribution < -0.4 is 24.3 Å². The number of ether oxygens (including phenoxy) is 4. The third-order valence-corrected chi connectivity index (χ3v) is 3.86. The van der Waals surface area contributed by atoms with Gasteiger partial charge in [-0.2, -0.15) is 8.78 Å². The number of benzene rings is 2. The summed E-state index contributed by atoms with van der Waals surface area (Å²) in [6.45, 7) is -0.662. The van der Waals surface area contributed by atoms with E-state index < -0.39 is 6.61 Å². The third-order valence-electron chi connectivity index (χ3n) is 3.86. The second-order valence-corrected chi connectivity index (χ2v) is 5.75. The van der Waals surface area contributed by atoms with E-state index in [1.165, 1.54) is 25.3 Å². The van der Waals surface area contributed by atoms with E-state index >= 15 is 0 Å². The van der Waals surface area contributed by atoms with Crippen LogP contribution in [0.15, 0.2) is 42.5 Å². The molecule has 29 heavy (non-hydrogen) atoms. The number of alkyl halides is 2. The van der Waals surface area contributed by atoms with Crippen LogP contribution in [0.1, 0.15) is 18.1 Å². The van der Waals surface area contributed by atoms with E-state index in [1.54, 1.807) is 44.4 Å². The lowest BCUT2D eigenvalue weighted by Gasteiger charge is -2.12. The first-order chi connectivity index (χ1) is 14.0. The van der Waals surface area contributed by atoms with Gasteiger partial charge in [-0.05, 0) is 42.8 Å². The summed E-state index contributed by atoms with van der Waals surface area (Å²) < 4.78 is 45.1. The Morgan fingerprint density at radius 1 is 1.07 bits per heavy atom.